The van der Waals surface area contributed by atoms with Crippen molar-refractivity contribution in [2.45, 2.75) is 76.0 Å². The molecule has 1 aliphatic rings. The molecule has 1 aromatic carbocycles. The van der Waals surface area contributed by atoms with Crippen molar-refractivity contribution < 1.29 is 29.9 Å². The molecular formula is C20H32O6. The summed E-state index contributed by atoms with van der Waals surface area (Å²) in [5, 5.41) is 38.7. The Balaban J connectivity index is 1.89. The van der Waals surface area contributed by atoms with Gasteiger partial charge in [0.1, 0.15) is 24.1 Å². The lowest BCUT2D eigenvalue weighted by molar-refractivity contribution is -0.186. The Kier molecular flexibility index (Phi) is 8.81. The SMILES string of the molecule is CCCCCCOc1ccc([C@H]2CC[C@H](O)[C@@H]([C@@H](O)[C@H](O)CO)O2)cc1. The fourth-order valence-corrected chi connectivity index (χ4v) is 3.21. The minimum absolute atomic E-state index is 0.275. The van der Waals surface area contributed by atoms with Crippen LogP contribution in [-0.2, 0) is 4.74 Å². The van der Waals surface area contributed by atoms with Crippen LogP contribution in [-0.4, -0.2) is 58.1 Å². The van der Waals surface area contributed by atoms with Crippen molar-refractivity contribution in [2.75, 3.05) is 13.2 Å². The van der Waals surface area contributed by atoms with Crippen molar-refractivity contribution in [3.05, 3.63) is 29.8 Å². The van der Waals surface area contributed by atoms with Gasteiger partial charge in [-0.3, -0.25) is 0 Å². The number of aliphatic hydroxyl groups is 4. The van der Waals surface area contributed by atoms with Gasteiger partial charge in [0.15, 0.2) is 0 Å². The van der Waals surface area contributed by atoms with E-state index >= 15 is 0 Å². The van der Waals surface area contributed by atoms with Gasteiger partial charge in [0.05, 0.1) is 25.4 Å². The number of unbranched alkanes of at least 4 members (excludes halogenated alkanes) is 3. The summed E-state index contributed by atoms with van der Waals surface area (Å²) in [7, 11) is 0. The molecule has 0 radical (unpaired) electrons. The van der Waals surface area contributed by atoms with E-state index in [1.54, 1.807) is 0 Å². The first-order valence-corrected chi connectivity index (χ1v) is 9.60. The fourth-order valence-electron chi connectivity index (χ4n) is 3.21. The van der Waals surface area contributed by atoms with Crippen molar-refractivity contribution >= 4 is 0 Å². The van der Waals surface area contributed by atoms with Gasteiger partial charge < -0.3 is 29.9 Å². The van der Waals surface area contributed by atoms with Gasteiger partial charge >= 0.3 is 0 Å². The molecule has 1 aromatic rings. The third kappa shape index (κ3) is 5.93. The molecule has 5 atom stereocenters. The maximum atomic E-state index is 10.1. The molecule has 0 unspecified atom stereocenters. The highest BCUT2D eigenvalue weighted by molar-refractivity contribution is 5.29. The molecule has 148 valence electrons. The molecule has 6 heteroatoms. The standard InChI is InChI=1S/C20H32O6/c1-2-3-4-5-12-25-15-8-6-14(7-9-15)18-11-10-16(22)20(26-18)19(24)17(23)13-21/h6-9,16-24H,2-5,10-13H2,1H3/t16-,17+,18+,19-,20-/m0/s1. The Hall–Kier alpha value is -1.18. The van der Waals surface area contributed by atoms with Crippen LogP contribution in [0.1, 0.15) is 57.1 Å². The van der Waals surface area contributed by atoms with Crippen LogP contribution in [0.4, 0.5) is 0 Å². The lowest BCUT2D eigenvalue weighted by Gasteiger charge is -2.37. The molecule has 6 nitrogen and oxygen atoms in total. The van der Waals surface area contributed by atoms with Gasteiger partial charge in [-0.1, -0.05) is 38.3 Å². The topological polar surface area (TPSA) is 99.4 Å². The van der Waals surface area contributed by atoms with E-state index in [-0.39, 0.29) is 6.10 Å². The van der Waals surface area contributed by atoms with Gasteiger partial charge in [0, 0.05) is 0 Å². The first-order chi connectivity index (χ1) is 12.6. The van der Waals surface area contributed by atoms with Gasteiger partial charge in [0.25, 0.3) is 0 Å². The largest absolute Gasteiger partial charge is 0.494 e. The average molecular weight is 368 g/mol. The van der Waals surface area contributed by atoms with Gasteiger partial charge in [0.2, 0.25) is 0 Å². The van der Waals surface area contributed by atoms with Crippen LogP contribution in [0.25, 0.3) is 0 Å². The molecule has 4 N–H and O–H groups in total. The summed E-state index contributed by atoms with van der Waals surface area (Å²) in [6.45, 7) is 2.31. The number of aliphatic hydroxyl groups excluding tert-OH is 4. The molecule has 1 aliphatic heterocycles. The monoisotopic (exact) mass is 368 g/mol. The maximum Gasteiger partial charge on any atom is 0.119 e. The van der Waals surface area contributed by atoms with Gasteiger partial charge in [-0.15, -0.1) is 0 Å². The van der Waals surface area contributed by atoms with E-state index in [9.17, 15) is 15.3 Å². The Bertz CT molecular complexity index is 506. The lowest BCUT2D eigenvalue weighted by atomic mass is 9.92. The number of rotatable bonds is 10. The maximum absolute atomic E-state index is 10.1. The van der Waals surface area contributed by atoms with Crippen molar-refractivity contribution in [1.82, 2.24) is 0 Å². The van der Waals surface area contributed by atoms with Crippen molar-refractivity contribution in [1.29, 1.82) is 0 Å². The van der Waals surface area contributed by atoms with Crippen molar-refractivity contribution in [3.63, 3.8) is 0 Å². The number of benzene rings is 1. The predicted octanol–water partition coefficient (Wildman–Crippen LogP) is 1.94. The third-order valence-corrected chi connectivity index (χ3v) is 4.86. The zero-order chi connectivity index (χ0) is 18.9. The fraction of sp³-hybridized carbons (Fsp3) is 0.700. The minimum Gasteiger partial charge on any atom is -0.494 e. The van der Waals surface area contributed by atoms with Crippen LogP contribution in [0.15, 0.2) is 24.3 Å². The van der Waals surface area contributed by atoms with Crippen LogP contribution in [0.2, 0.25) is 0 Å². The molecule has 0 spiro atoms. The highest BCUT2D eigenvalue weighted by Gasteiger charge is 2.38. The highest BCUT2D eigenvalue weighted by atomic mass is 16.5. The van der Waals surface area contributed by atoms with Gasteiger partial charge in [-0.05, 0) is 37.0 Å². The zero-order valence-corrected chi connectivity index (χ0v) is 15.5. The van der Waals surface area contributed by atoms with Crippen LogP contribution in [0.3, 0.4) is 0 Å². The molecule has 0 amide bonds. The molecule has 1 heterocycles. The molecule has 0 aromatic heterocycles. The van der Waals surface area contributed by atoms with E-state index < -0.39 is 31.0 Å². The Labute approximate surface area is 155 Å². The predicted molar refractivity (Wildman–Crippen MR) is 98.0 cm³/mol. The second-order valence-electron chi connectivity index (χ2n) is 6.95. The first-order valence-electron chi connectivity index (χ1n) is 9.60. The number of hydrogen-bond donors (Lipinski definition) is 4. The smallest absolute Gasteiger partial charge is 0.119 e. The van der Waals surface area contributed by atoms with Crippen LogP contribution in [0, 0.1) is 0 Å². The van der Waals surface area contributed by atoms with Crippen LogP contribution in [0.5, 0.6) is 5.75 Å². The normalized spacial score (nSPS) is 25.7. The molecule has 0 aliphatic carbocycles. The lowest BCUT2D eigenvalue weighted by Crippen LogP contribution is -2.50. The van der Waals surface area contributed by atoms with E-state index in [1.807, 2.05) is 24.3 Å². The first kappa shape index (κ1) is 21.1. The highest BCUT2D eigenvalue weighted by Crippen LogP contribution is 2.34. The van der Waals surface area contributed by atoms with E-state index in [2.05, 4.69) is 6.92 Å². The summed E-state index contributed by atoms with van der Waals surface area (Å²) in [4.78, 5) is 0. The summed E-state index contributed by atoms with van der Waals surface area (Å²) in [5.41, 5.74) is 0.936. The molecule has 2 rings (SSSR count). The molecular weight excluding hydrogens is 336 g/mol. The van der Waals surface area contributed by atoms with E-state index in [1.165, 1.54) is 19.3 Å². The second kappa shape index (κ2) is 10.8. The third-order valence-electron chi connectivity index (χ3n) is 4.86. The minimum atomic E-state index is -1.34. The Morgan fingerprint density at radius 3 is 2.50 bits per heavy atom. The Morgan fingerprint density at radius 1 is 1.12 bits per heavy atom. The average Bonchev–Trinajstić information content (AvgIpc) is 2.67. The molecule has 26 heavy (non-hydrogen) atoms. The summed E-state index contributed by atoms with van der Waals surface area (Å²) in [6.07, 6.45) is 1.00. The molecule has 0 bridgehead atoms. The van der Waals surface area contributed by atoms with Crippen molar-refractivity contribution in [3.8, 4) is 5.75 Å². The number of hydrogen-bond acceptors (Lipinski definition) is 6. The second-order valence-corrected chi connectivity index (χ2v) is 6.95. The Morgan fingerprint density at radius 2 is 1.85 bits per heavy atom. The summed E-state index contributed by atoms with van der Waals surface area (Å²) >= 11 is 0. The van der Waals surface area contributed by atoms with E-state index in [0.717, 1.165) is 17.7 Å². The summed E-state index contributed by atoms with van der Waals surface area (Å²) in [5.74, 6) is 0.813. The van der Waals surface area contributed by atoms with E-state index in [4.69, 9.17) is 14.6 Å². The van der Waals surface area contributed by atoms with Crippen molar-refractivity contribution in [2.24, 2.45) is 0 Å². The number of ether oxygens (including phenoxy) is 2. The van der Waals surface area contributed by atoms with Crippen LogP contribution >= 0.6 is 0 Å². The zero-order valence-electron chi connectivity index (χ0n) is 15.5. The summed E-state index contributed by atoms with van der Waals surface area (Å²) in [6, 6.07) is 7.65. The molecule has 1 saturated heterocycles. The molecule has 0 saturated carbocycles. The van der Waals surface area contributed by atoms with Gasteiger partial charge in [-0.2, -0.15) is 0 Å². The molecule has 1 fully saturated rings. The van der Waals surface area contributed by atoms with Crippen LogP contribution < -0.4 is 4.74 Å². The van der Waals surface area contributed by atoms with Gasteiger partial charge in [-0.25, -0.2) is 0 Å². The summed E-state index contributed by atoms with van der Waals surface area (Å²) < 4.78 is 11.6. The van der Waals surface area contributed by atoms with E-state index in [0.29, 0.717) is 19.4 Å². The quantitative estimate of drug-likeness (QED) is 0.471.